The van der Waals surface area contributed by atoms with Gasteiger partial charge in [0.15, 0.2) is 0 Å². The van der Waals surface area contributed by atoms with Crippen LogP contribution < -0.4 is 14.8 Å². The van der Waals surface area contributed by atoms with E-state index >= 15 is 0 Å². The summed E-state index contributed by atoms with van der Waals surface area (Å²) in [6, 6.07) is 23.1. The summed E-state index contributed by atoms with van der Waals surface area (Å²) in [5.74, 6) is 0.353. The lowest BCUT2D eigenvalue weighted by atomic mass is 9.93. The van der Waals surface area contributed by atoms with Crippen molar-refractivity contribution in [1.82, 2.24) is 4.58 Å². The minimum Gasteiger partial charge on any atom is -0.456 e. The second-order valence-electron chi connectivity index (χ2n) is 14.5. The lowest BCUT2D eigenvalue weighted by molar-refractivity contribution is 0.480. The van der Waals surface area contributed by atoms with Gasteiger partial charge < -0.3 is 9.32 Å². The summed E-state index contributed by atoms with van der Waals surface area (Å²) in [5.41, 5.74) is 5.75. The molecule has 0 saturated carbocycles. The van der Waals surface area contributed by atoms with Crippen molar-refractivity contribution >= 4 is 58.4 Å². The van der Waals surface area contributed by atoms with E-state index < -0.39 is 30.4 Å². The average Bonchev–Trinajstić information content (AvgIpc) is 3.14. The zero-order chi connectivity index (χ0) is 42.3. The molecule has 1 heterocycles. The number of rotatable bonds is 13. The first kappa shape index (κ1) is 42.7. The third-order valence-electron chi connectivity index (χ3n) is 10.5. The molecule has 0 aromatic heterocycles. The summed E-state index contributed by atoms with van der Waals surface area (Å²) in [4.78, 5) is 1.27. The smallest absolute Gasteiger partial charge is 0.295 e. The maximum atomic E-state index is 12.8. The lowest BCUT2D eigenvalue weighted by Gasteiger charge is -2.29. The standard InChI is InChI=1S/C43H46N2O10S3/c1-7-9-23-44(42-27(3)15-21-38(29(42)5)56(46,47)48)31-17-19-33-36(25-31)55-37-26-32(18-20-34(37)41(33)35-13-11-12-14-40(35)58(52,53)54)45(24-10-8-2)43-28(4)16-22-39(30(43)6)57(49,50)51/h11-22,25-26H,7-10,23-24H2,1-6H3,(H2-,46,47,48,49,50,51,52,53,54)/p+1. The molecular formula is C43H47N2O10S3+. The second-order valence-corrected chi connectivity index (χ2v) is 18.6. The average molecular weight is 848 g/mol. The minimum atomic E-state index is -4.69. The van der Waals surface area contributed by atoms with Crippen molar-refractivity contribution in [2.24, 2.45) is 0 Å². The van der Waals surface area contributed by atoms with Crippen molar-refractivity contribution in [1.29, 1.82) is 0 Å². The van der Waals surface area contributed by atoms with Gasteiger partial charge in [-0.3, -0.25) is 13.7 Å². The zero-order valence-electron chi connectivity index (χ0n) is 33.1. The van der Waals surface area contributed by atoms with Crippen molar-refractivity contribution < 1.29 is 43.3 Å². The van der Waals surface area contributed by atoms with Crippen LogP contribution in [0, 0.1) is 27.7 Å². The third-order valence-corrected chi connectivity index (χ3v) is 13.4. The van der Waals surface area contributed by atoms with Gasteiger partial charge in [-0.25, -0.2) is 0 Å². The van der Waals surface area contributed by atoms with Crippen molar-refractivity contribution in [2.45, 2.75) is 81.9 Å². The SMILES string of the molecule is CCCCN(c1ccc2c(-c3ccccc3S(=O)(=O)O)c3ccc(=[N+](CCCC)c4c(C)ccc(S(=O)(=O)O)c4C)cc-3oc2c1)c1c(C)ccc(S(=O)(=O)O)c1C. The summed E-state index contributed by atoms with van der Waals surface area (Å²) in [6.45, 7) is 12.1. The van der Waals surface area contributed by atoms with Crippen LogP contribution >= 0.6 is 0 Å². The van der Waals surface area contributed by atoms with Crippen LogP contribution in [0.3, 0.4) is 0 Å². The Labute approximate surface area is 339 Å². The highest BCUT2D eigenvalue weighted by Crippen LogP contribution is 2.44. The predicted molar refractivity (Wildman–Crippen MR) is 226 cm³/mol. The Morgan fingerprint density at radius 2 is 1.26 bits per heavy atom. The van der Waals surface area contributed by atoms with E-state index in [4.69, 9.17) is 4.42 Å². The minimum absolute atomic E-state index is 0.206. The van der Waals surface area contributed by atoms with Gasteiger partial charge in [-0.2, -0.15) is 29.8 Å². The van der Waals surface area contributed by atoms with Crippen LogP contribution in [0.2, 0.25) is 0 Å². The number of nitrogens with zero attached hydrogens (tertiary/aromatic N) is 2. The molecule has 0 unspecified atom stereocenters. The van der Waals surface area contributed by atoms with Gasteiger partial charge in [0.2, 0.25) is 11.0 Å². The number of hydrogen-bond acceptors (Lipinski definition) is 8. The van der Waals surface area contributed by atoms with Gasteiger partial charge in [-0.1, -0.05) is 57.0 Å². The van der Waals surface area contributed by atoms with E-state index in [1.165, 1.54) is 24.3 Å². The highest BCUT2D eigenvalue weighted by Gasteiger charge is 2.28. The van der Waals surface area contributed by atoms with Crippen LogP contribution in [0.4, 0.5) is 17.1 Å². The fraction of sp³-hybridized carbons (Fsp3) is 0.279. The summed E-state index contributed by atoms with van der Waals surface area (Å²) < 4.78 is 115. The number of hydrogen-bond donors (Lipinski definition) is 3. The molecule has 4 aromatic rings. The maximum Gasteiger partial charge on any atom is 0.295 e. The van der Waals surface area contributed by atoms with Crippen molar-refractivity contribution in [3.05, 3.63) is 113 Å². The lowest BCUT2D eigenvalue weighted by Crippen LogP contribution is -2.28. The molecule has 4 aromatic carbocycles. The van der Waals surface area contributed by atoms with Gasteiger partial charge >= 0.3 is 0 Å². The molecule has 306 valence electrons. The molecule has 58 heavy (non-hydrogen) atoms. The Bertz CT molecular complexity index is 2960. The third kappa shape index (κ3) is 8.33. The Balaban J connectivity index is 1.74. The molecule has 15 heteroatoms. The summed E-state index contributed by atoms with van der Waals surface area (Å²) in [5, 5.41) is 1.18. The quantitative estimate of drug-likeness (QED) is 0.0573. The first-order valence-electron chi connectivity index (χ1n) is 18.9. The van der Waals surface area contributed by atoms with E-state index in [9.17, 15) is 38.9 Å². The fourth-order valence-corrected chi connectivity index (χ4v) is 9.93. The monoisotopic (exact) mass is 847 g/mol. The number of anilines is 2. The number of aryl methyl sites for hydroxylation is 2. The van der Waals surface area contributed by atoms with Gasteiger partial charge in [0.1, 0.15) is 27.7 Å². The Morgan fingerprint density at radius 1 is 0.638 bits per heavy atom. The molecule has 0 bridgehead atoms. The molecule has 12 nitrogen and oxygen atoms in total. The first-order valence-corrected chi connectivity index (χ1v) is 23.2. The molecular weight excluding hydrogens is 801 g/mol. The number of fused-ring (bicyclic) bond motifs is 2. The van der Waals surface area contributed by atoms with Crippen LogP contribution in [-0.4, -0.2) is 52.0 Å². The van der Waals surface area contributed by atoms with E-state index in [0.29, 0.717) is 74.5 Å². The molecule has 2 aliphatic rings. The zero-order valence-corrected chi connectivity index (χ0v) is 35.6. The van der Waals surface area contributed by atoms with E-state index in [1.807, 2.05) is 49.3 Å². The van der Waals surface area contributed by atoms with E-state index in [-0.39, 0.29) is 20.2 Å². The predicted octanol–water partition coefficient (Wildman–Crippen LogP) is 9.02. The molecule has 3 N–H and O–H groups in total. The maximum absolute atomic E-state index is 12.8. The summed E-state index contributed by atoms with van der Waals surface area (Å²) >= 11 is 0. The molecule has 0 saturated heterocycles. The van der Waals surface area contributed by atoms with E-state index in [1.54, 1.807) is 62.4 Å². The van der Waals surface area contributed by atoms with E-state index in [0.717, 1.165) is 36.8 Å². The van der Waals surface area contributed by atoms with Crippen molar-refractivity contribution in [2.75, 3.05) is 18.0 Å². The van der Waals surface area contributed by atoms with Crippen LogP contribution in [0.25, 0.3) is 33.4 Å². The molecule has 1 aliphatic carbocycles. The van der Waals surface area contributed by atoms with Gasteiger partial charge in [0.05, 0.1) is 11.0 Å². The Kier molecular flexibility index (Phi) is 12.1. The second kappa shape index (κ2) is 16.4. The van der Waals surface area contributed by atoms with Crippen molar-refractivity contribution in [3.8, 4) is 22.5 Å². The highest BCUT2D eigenvalue weighted by molar-refractivity contribution is 7.86. The number of benzene rings is 5. The van der Waals surface area contributed by atoms with Crippen molar-refractivity contribution in [3.63, 3.8) is 0 Å². The molecule has 0 radical (unpaired) electrons. The summed E-state index contributed by atoms with van der Waals surface area (Å²) in [6.07, 6.45) is 3.14. The largest absolute Gasteiger partial charge is 0.456 e. The molecule has 0 spiro atoms. The van der Waals surface area contributed by atoms with E-state index in [2.05, 4.69) is 0 Å². The van der Waals surface area contributed by atoms with Crippen LogP contribution in [0.1, 0.15) is 61.8 Å². The van der Waals surface area contributed by atoms with Crippen LogP contribution in [-0.2, 0) is 30.4 Å². The van der Waals surface area contributed by atoms with Crippen LogP contribution in [0.15, 0.2) is 104 Å². The normalized spacial score (nSPS) is 13.0. The van der Waals surface area contributed by atoms with Gasteiger partial charge in [-0.15, -0.1) is 0 Å². The van der Waals surface area contributed by atoms with Crippen LogP contribution in [0.5, 0.6) is 0 Å². The molecule has 6 rings (SSSR count). The first-order chi connectivity index (χ1) is 27.3. The Morgan fingerprint density at radius 3 is 1.90 bits per heavy atom. The molecule has 0 atom stereocenters. The fourth-order valence-electron chi connectivity index (χ4n) is 7.79. The molecule has 1 aliphatic heterocycles. The topological polar surface area (TPSA) is 182 Å². The highest BCUT2D eigenvalue weighted by atomic mass is 32.2. The molecule has 0 amide bonds. The number of unbranched alkanes of at least 4 members (excludes halogenated alkanes) is 2. The Hall–Kier alpha value is -4.90. The van der Waals surface area contributed by atoms with Gasteiger partial charge in [-0.05, 0) is 81.6 Å². The van der Waals surface area contributed by atoms with Gasteiger partial charge in [0.25, 0.3) is 30.4 Å². The van der Waals surface area contributed by atoms with Gasteiger partial charge in [0, 0.05) is 69.7 Å². The summed E-state index contributed by atoms with van der Waals surface area (Å²) in [7, 11) is -13.8. The molecule has 0 fully saturated rings.